The van der Waals surface area contributed by atoms with Crippen molar-refractivity contribution in [3.05, 3.63) is 0 Å². The zero-order valence-electron chi connectivity index (χ0n) is 14.3. The first-order chi connectivity index (χ1) is 9.77. The summed E-state index contributed by atoms with van der Waals surface area (Å²) in [5.41, 5.74) is -4.08. The van der Waals surface area contributed by atoms with E-state index in [1.54, 1.807) is 0 Å². The number of aliphatic carboxylic acids is 2. The Balaban J connectivity index is 3.71. The number of hydrogen-bond acceptors (Lipinski definition) is 4. The largest absolute Gasteiger partial charge is 0.481 e. The molecule has 1 saturated carbocycles. The van der Waals surface area contributed by atoms with Crippen molar-refractivity contribution in [2.75, 3.05) is 0 Å². The van der Waals surface area contributed by atoms with Crippen molar-refractivity contribution in [3.8, 4) is 0 Å². The Labute approximate surface area is 131 Å². The van der Waals surface area contributed by atoms with Crippen molar-refractivity contribution < 1.29 is 29.9 Å². The lowest BCUT2D eigenvalue weighted by Gasteiger charge is -2.63. The van der Waals surface area contributed by atoms with Gasteiger partial charge in [-0.1, -0.05) is 41.5 Å². The van der Waals surface area contributed by atoms with Gasteiger partial charge < -0.3 is 10.2 Å². The van der Waals surface area contributed by atoms with Crippen LogP contribution in [0.3, 0.4) is 0 Å². The minimum Gasteiger partial charge on any atom is -0.481 e. The molecular formula is C16H28O6. The van der Waals surface area contributed by atoms with E-state index in [9.17, 15) is 25.1 Å². The van der Waals surface area contributed by atoms with Crippen LogP contribution in [0.15, 0.2) is 0 Å². The van der Waals surface area contributed by atoms with E-state index in [1.165, 1.54) is 0 Å². The molecule has 0 spiro atoms. The molecule has 0 saturated heterocycles. The minimum atomic E-state index is -1.82. The third kappa shape index (κ3) is 2.42. The molecule has 6 nitrogen and oxygen atoms in total. The molecule has 0 amide bonds. The van der Waals surface area contributed by atoms with Crippen LogP contribution in [0.4, 0.5) is 0 Å². The van der Waals surface area contributed by atoms with E-state index in [0.717, 1.165) is 0 Å². The average molecular weight is 316 g/mol. The molecule has 0 radical (unpaired) electrons. The molecule has 0 aromatic rings. The molecular weight excluding hydrogens is 288 g/mol. The number of carboxylic acids is 2. The Bertz CT molecular complexity index is 442. The van der Waals surface area contributed by atoms with Crippen LogP contribution in [0.2, 0.25) is 0 Å². The van der Waals surface area contributed by atoms with E-state index in [0.29, 0.717) is 0 Å². The topological polar surface area (TPSA) is 104 Å². The zero-order chi connectivity index (χ0) is 17.6. The van der Waals surface area contributed by atoms with Gasteiger partial charge in [0.25, 0.3) is 0 Å². The Kier molecular flexibility index (Phi) is 4.72. The Morgan fingerprint density at radius 1 is 1.05 bits per heavy atom. The fraction of sp³-hybridized carbons (Fsp3) is 0.875. The van der Waals surface area contributed by atoms with Crippen molar-refractivity contribution in [2.45, 2.75) is 66.4 Å². The van der Waals surface area contributed by atoms with Gasteiger partial charge in [0, 0.05) is 5.41 Å². The van der Waals surface area contributed by atoms with Gasteiger partial charge in [0.05, 0.1) is 5.92 Å². The first kappa shape index (κ1) is 18.9. The maximum absolute atomic E-state index is 12.1. The monoisotopic (exact) mass is 316 g/mol. The molecule has 1 aliphatic rings. The van der Waals surface area contributed by atoms with Crippen molar-refractivity contribution in [2.24, 2.45) is 22.2 Å². The standard InChI is InChI=1S/C16H28O6/c1-13(2,3)16(14(4,5)6)9-10(11(17)18)7-8-15(16,22-21)12(19)20/h10,21H,7-9H2,1-6H3,(H,17,18)(H,19,20). The highest BCUT2D eigenvalue weighted by atomic mass is 17.1. The summed E-state index contributed by atoms with van der Waals surface area (Å²) in [6.45, 7) is 11.2. The van der Waals surface area contributed by atoms with E-state index in [4.69, 9.17) is 0 Å². The number of carbonyl (C=O) groups is 2. The molecule has 0 aromatic heterocycles. The molecule has 0 bridgehead atoms. The van der Waals surface area contributed by atoms with Crippen LogP contribution in [-0.4, -0.2) is 33.0 Å². The number of carboxylic acid groups (broad SMARTS) is 2. The molecule has 128 valence electrons. The maximum Gasteiger partial charge on any atom is 0.340 e. The molecule has 22 heavy (non-hydrogen) atoms. The molecule has 3 N–H and O–H groups in total. The Morgan fingerprint density at radius 3 is 1.77 bits per heavy atom. The van der Waals surface area contributed by atoms with Gasteiger partial charge >= 0.3 is 11.9 Å². The second-order valence-electron chi connectivity index (χ2n) is 8.41. The highest BCUT2D eigenvalue weighted by Gasteiger charge is 2.70. The van der Waals surface area contributed by atoms with E-state index >= 15 is 0 Å². The highest BCUT2D eigenvalue weighted by molar-refractivity contribution is 5.80. The Morgan fingerprint density at radius 2 is 1.50 bits per heavy atom. The maximum atomic E-state index is 12.1. The first-order valence-electron chi connectivity index (χ1n) is 7.55. The van der Waals surface area contributed by atoms with Gasteiger partial charge in [-0.25, -0.2) is 9.68 Å². The van der Waals surface area contributed by atoms with Crippen LogP contribution in [0.25, 0.3) is 0 Å². The van der Waals surface area contributed by atoms with Crippen LogP contribution >= 0.6 is 0 Å². The highest BCUT2D eigenvalue weighted by Crippen LogP contribution is 2.65. The summed E-state index contributed by atoms with van der Waals surface area (Å²) in [5, 5.41) is 28.8. The van der Waals surface area contributed by atoms with Crippen LogP contribution in [0.1, 0.15) is 60.8 Å². The summed E-state index contributed by atoms with van der Waals surface area (Å²) in [5.74, 6) is -2.83. The molecule has 0 aromatic carbocycles. The van der Waals surface area contributed by atoms with E-state index in [1.807, 2.05) is 41.5 Å². The van der Waals surface area contributed by atoms with Gasteiger partial charge in [0.2, 0.25) is 5.60 Å². The fourth-order valence-corrected chi connectivity index (χ4v) is 4.84. The molecule has 0 heterocycles. The molecule has 1 fully saturated rings. The molecule has 6 heteroatoms. The molecule has 2 unspecified atom stereocenters. The van der Waals surface area contributed by atoms with Crippen molar-refractivity contribution in [1.29, 1.82) is 0 Å². The quantitative estimate of drug-likeness (QED) is 0.545. The zero-order valence-corrected chi connectivity index (χ0v) is 14.3. The molecule has 1 aliphatic carbocycles. The second-order valence-corrected chi connectivity index (χ2v) is 8.41. The lowest BCUT2D eigenvalue weighted by Crippen LogP contribution is -2.69. The summed E-state index contributed by atoms with van der Waals surface area (Å²) >= 11 is 0. The number of hydrogen-bond donors (Lipinski definition) is 3. The second kappa shape index (κ2) is 5.49. The molecule has 2 atom stereocenters. The molecule has 0 aliphatic heterocycles. The van der Waals surface area contributed by atoms with E-state index in [2.05, 4.69) is 4.89 Å². The van der Waals surface area contributed by atoms with E-state index in [-0.39, 0.29) is 19.3 Å². The van der Waals surface area contributed by atoms with Crippen molar-refractivity contribution >= 4 is 11.9 Å². The van der Waals surface area contributed by atoms with Crippen LogP contribution < -0.4 is 0 Å². The fourth-order valence-electron chi connectivity index (χ4n) is 4.84. The summed E-state index contributed by atoms with van der Waals surface area (Å²) in [4.78, 5) is 28.2. The lowest BCUT2D eigenvalue weighted by molar-refractivity contribution is -0.380. The summed E-state index contributed by atoms with van der Waals surface area (Å²) in [6.07, 6.45) is 0.267. The third-order valence-corrected chi connectivity index (χ3v) is 5.50. The summed E-state index contributed by atoms with van der Waals surface area (Å²) < 4.78 is 0. The Hall–Kier alpha value is -1.14. The predicted molar refractivity (Wildman–Crippen MR) is 80.4 cm³/mol. The van der Waals surface area contributed by atoms with Gasteiger partial charge in [0.1, 0.15) is 0 Å². The van der Waals surface area contributed by atoms with E-state index < -0.39 is 39.7 Å². The third-order valence-electron chi connectivity index (χ3n) is 5.50. The summed E-state index contributed by atoms with van der Waals surface area (Å²) in [6, 6.07) is 0. The van der Waals surface area contributed by atoms with Crippen LogP contribution in [0.5, 0.6) is 0 Å². The van der Waals surface area contributed by atoms with Gasteiger partial charge in [-0.15, -0.1) is 0 Å². The average Bonchev–Trinajstić information content (AvgIpc) is 2.34. The molecule has 1 rings (SSSR count). The first-order valence-corrected chi connectivity index (χ1v) is 7.55. The van der Waals surface area contributed by atoms with Crippen LogP contribution in [0, 0.1) is 22.2 Å². The lowest BCUT2D eigenvalue weighted by atomic mass is 9.42. The predicted octanol–water partition coefficient (Wildman–Crippen LogP) is 3.26. The number of rotatable bonds is 3. The summed E-state index contributed by atoms with van der Waals surface area (Å²) in [7, 11) is 0. The van der Waals surface area contributed by atoms with Crippen LogP contribution in [-0.2, 0) is 14.5 Å². The van der Waals surface area contributed by atoms with Gasteiger partial charge in [-0.3, -0.25) is 10.1 Å². The van der Waals surface area contributed by atoms with Gasteiger partial charge in [-0.2, -0.15) is 0 Å². The van der Waals surface area contributed by atoms with Crippen molar-refractivity contribution in [3.63, 3.8) is 0 Å². The smallest absolute Gasteiger partial charge is 0.340 e. The normalized spacial score (nSPS) is 29.1. The van der Waals surface area contributed by atoms with Crippen molar-refractivity contribution in [1.82, 2.24) is 0 Å². The van der Waals surface area contributed by atoms with Gasteiger partial charge in [0.15, 0.2) is 0 Å². The SMILES string of the molecule is CC(C)(C)C1(C(C)(C)C)CC(C(=O)O)CCC1(OO)C(=O)O. The van der Waals surface area contributed by atoms with Gasteiger partial charge in [-0.05, 0) is 30.1 Å². The minimum absolute atomic E-state index is 0.0374.